The number of benzene rings is 1. The third kappa shape index (κ3) is 5.28. The first-order valence-corrected chi connectivity index (χ1v) is 9.44. The van der Waals surface area contributed by atoms with Gasteiger partial charge in [0.2, 0.25) is 5.91 Å². The molecular formula is C18H21ClN2O4S. The van der Waals surface area contributed by atoms with E-state index in [0.29, 0.717) is 27.9 Å². The van der Waals surface area contributed by atoms with Crippen molar-refractivity contribution in [1.29, 1.82) is 0 Å². The number of hydrogen-bond acceptors (Lipinski definition) is 6. The van der Waals surface area contributed by atoms with Crippen molar-refractivity contribution in [3.05, 3.63) is 40.2 Å². The monoisotopic (exact) mass is 396 g/mol. The zero-order valence-electron chi connectivity index (χ0n) is 14.4. The molecule has 140 valence electrons. The van der Waals surface area contributed by atoms with Crippen LogP contribution < -0.4 is 10.6 Å². The Bertz CT molecular complexity index is 749. The Morgan fingerprint density at radius 3 is 2.65 bits per heavy atom. The Labute approximate surface area is 161 Å². The van der Waals surface area contributed by atoms with Gasteiger partial charge in [0.1, 0.15) is 14.9 Å². The van der Waals surface area contributed by atoms with E-state index in [2.05, 4.69) is 10.6 Å². The van der Waals surface area contributed by atoms with Gasteiger partial charge in [0.15, 0.2) is 0 Å². The van der Waals surface area contributed by atoms with Crippen LogP contribution in [-0.4, -0.2) is 43.3 Å². The summed E-state index contributed by atoms with van der Waals surface area (Å²) in [7, 11) is 0. The molecule has 1 heterocycles. The normalized spacial score (nSPS) is 10.6. The number of carbonyl (C=O) groups is 2. The van der Waals surface area contributed by atoms with Crippen molar-refractivity contribution >= 4 is 39.8 Å². The largest absolute Gasteiger partial charge is 0.462 e. The SMILES string of the molecule is CCOC(=O)c1c(NC(=O)CNCCCO)sc(Cl)c1-c1ccccc1. The number of amides is 1. The van der Waals surface area contributed by atoms with Gasteiger partial charge in [0.05, 0.1) is 13.2 Å². The highest BCUT2D eigenvalue weighted by molar-refractivity contribution is 7.21. The molecule has 26 heavy (non-hydrogen) atoms. The third-order valence-electron chi connectivity index (χ3n) is 3.46. The topological polar surface area (TPSA) is 87.7 Å². The standard InChI is InChI=1S/C18H21ClN2O4S/c1-2-25-18(24)15-14(12-7-4-3-5-8-12)16(19)26-17(15)21-13(23)11-20-9-6-10-22/h3-5,7-8,20,22H,2,6,9-11H2,1H3,(H,21,23). The molecule has 0 saturated carbocycles. The molecule has 0 bridgehead atoms. The lowest BCUT2D eigenvalue weighted by Gasteiger charge is -2.09. The van der Waals surface area contributed by atoms with Crippen LogP contribution in [0.15, 0.2) is 30.3 Å². The van der Waals surface area contributed by atoms with Crippen LogP contribution >= 0.6 is 22.9 Å². The summed E-state index contributed by atoms with van der Waals surface area (Å²) in [5.41, 5.74) is 1.59. The van der Waals surface area contributed by atoms with Gasteiger partial charge in [0.25, 0.3) is 0 Å². The van der Waals surface area contributed by atoms with Gasteiger partial charge in [-0.15, -0.1) is 11.3 Å². The van der Waals surface area contributed by atoms with E-state index in [1.165, 1.54) is 0 Å². The molecule has 0 aliphatic rings. The number of anilines is 1. The van der Waals surface area contributed by atoms with Crippen LogP contribution in [0.5, 0.6) is 0 Å². The molecule has 0 unspecified atom stereocenters. The van der Waals surface area contributed by atoms with Gasteiger partial charge >= 0.3 is 5.97 Å². The minimum Gasteiger partial charge on any atom is -0.462 e. The molecule has 1 aromatic carbocycles. The van der Waals surface area contributed by atoms with E-state index in [4.69, 9.17) is 21.4 Å². The van der Waals surface area contributed by atoms with Gasteiger partial charge in [-0.2, -0.15) is 0 Å². The molecule has 0 fully saturated rings. The number of carbonyl (C=O) groups excluding carboxylic acids is 2. The Hall–Kier alpha value is -1.93. The number of nitrogens with one attached hydrogen (secondary N) is 2. The molecule has 0 saturated heterocycles. The zero-order chi connectivity index (χ0) is 18.9. The molecular weight excluding hydrogens is 376 g/mol. The highest BCUT2D eigenvalue weighted by Gasteiger charge is 2.26. The van der Waals surface area contributed by atoms with Crippen LogP contribution in [0.4, 0.5) is 5.00 Å². The first kappa shape index (κ1) is 20.4. The second kappa shape index (κ2) is 10.3. The van der Waals surface area contributed by atoms with Crippen molar-refractivity contribution in [2.75, 3.05) is 31.6 Å². The van der Waals surface area contributed by atoms with Crippen molar-refractivity contribution in [2.45, 2.75) is 13.3 Å². The lowest BCUT2D eigenvalue weighted by Crippen LogP contribution is -2.29. The lowest BCUT2D eigenvalue weighted by molar-refractivity contribution is -0.115. The Morgan fingerprint density at radius 2 is 2.00 bits per heavy atom. The molecule has 0 radical (unpaired) electrons. The maximum Gasteiger partial charge on any atom is 0.341 e. The van der Waals surface area contributed by atoms with Crippen molar-refractivity contribution < 1.29 is 19.4 Å². The van der Waals surface area contributed by atoms with E-state index in [1.54, 1.807) is 6.92 Å². The molecule has 1 aromatic heterocycles. The number of thiophene rings is 1. The summed E-state index contributed by atoms with van der Waals surface area (Å²) < 4.78 is 5.56. The summed E-state index contributed by atoms with van der Waals surface area (Å²) in [6.07, 6.45) is 0.560. The minimum absolute atomic E-state index is 0.0581. The summed E-state index contributed by atoms with van der Waals surface area (Å²) in [4.78, 5) is 24.6. The van der Waals surface area contributed by atoms with E-state index in [1.807, 2.05) is 30.3 Å². The molecule has 0 spiro atoms. The number of rotatable bonds is 9. The average Bonchev–Trinajstić information content (AvgIpc) is 2.95. The summed E-state index contributed by atoms with van der Waals surface area (Å²) in [5, 5.41) is 14.8. The van der Waals surface area contributed by atoms with Crippen LogP contribution in [0.1, 0.15) is 23.7 Å². The molecule has 6 nitrogen and oxygen atoms in total. The van der Waals surface area contributed by atoms with Gasteiger partial charge in [-0.3, -0.25) is 4.79 Å². The first-order chi connectivity index (χ1) is 12.6. The number of hydrogen-bond donors (Lipinski definition) is 3. The Kier molecular flexibility index (Phi) is 8.06. The molecule has 2 rings (SSSR count). The number of esters is 1. The highest BCUT2D eigenvalue weighted by atomic mass is 35.5. The molecule has 0 aliphatic carbocycles. The summed E-state index contributed by atoms with van der Waals surface area (Å²) in [5.74, 6) is -0.830. The summed E-state index contributed by atoms with van der Waals surface area (Å²) in [6, 6.07) is 9.26. The molecule has 0 aliphatic heterocycles. The maximum absolute atomic E-state index is 12.5. The second-order valence-corrected chi connectivity index (χ2v) is 6.97. The van der Waals surface area contributed by atoms with E-state index >= 15 is 0 Å². The zero-order valence-corrected chi connectivity index (χ0v) is 16.0. The summed E-state index contributed by atoms with van der Waals surface area (Å²) in [6.45, 7) is 2.59. The van der Waals surface area contributed by atoms with Crippen molar-refractivity contribution in [3.63, 3.8) is 0 Å². The highest BCUT2D eigenvalue weighted by Crippen LogP contribution is 2.43. The van der Waals surface area contributed by atoms with Crippen molar-refractivity contribution in [2.24, 2.45) is 0 Å². The van der Waals surface area contributed by atoms with Gasteiger partial charge in [-0.1, -0.05) is 41.9 Å². The fourth-order valence-electron chi connectivity index (χ4n) is 2.33. The molecule has 1 amide bonds. The predicted octanol–water partition coefficient (Wildman–Crippen LogP) is 3.16. The maximum atomic E-state index is 12.5. The minimum atomic E-state index is -0.530. The smallest absolute Gasteiger partial charge is 0.341 e. The van der Waals surface area contributed by atoms with Gasteiger partial charge < -0.3 is 20.5 Å². The van der Waals surface area contributed by atoms with E-state index in [9.17, 15) is 9.59 Å². The fourth-order valence-corrected chi connectivity index (χ4v) is 3.72. The van der Waals surface area contributed by atoms with Gasteiger partial charge in [-0.25, -0.2) is 4.79 Å². The quantitative estimate of drug-likeness (QED) is 0.447. The number of halogens is 1. The van der Waals surface area contributed by atoms with E-state index in [-0.39, 0.29) is 31.2 Å². The first-order valence-electron chi connectivity index (χ1n) is 8.24. The van der Waals surface area contributed by atoms with Crippen LogP contribution in [0, 0.1) is 0 Å². The molecule has 3 N–H and O–H groups in total. The fraction of sp³-hybridized carbons (Fsp3) is 0.333. The van der Waals surface area contributed by atoms with Crippen LogP contribution in [-0.2, 0) is 9.53 Å². The van der Waals surface area contributed by atoms with Crippen molar-refractivity contribution in [1.82, 2.24) is 5.32 Å². The van der Waals surface area contributed by atoms with Crippen LogP contribution in [0.3, 0.4) is 0 Å². The predicted molar refractivity (Wildman–Crippen MR) is 104 cm³/mol. The van der Waals surface area contributed by atoms with E-state index < -0.39 is 5.97 Å². The van der Waals surface area contributed by atoms with Crippen molar-refractivity contribution in [3.8, 4) is 11.1 Å². The van der Waals surface area contributed by atoms with Crippen LogP contribution in [0.2, 0.25) is 4.34 Å². The van der Waals surface area contributed by atoms with Gasteiger partial charge in [0, 0.05) is 12.2 Å². The third-order valence-corrected chi connectivity index (χ3v) is 4.77. The van der Waals surface area contributed by atoms with E-state index in [0.717, 1.165) is 16.9 Å². The van der Waals surface area contributed by atoms with Crippen LogP contribution in [0.25, 0.3) is 11.1 Å². The Morgan fingerprint density at radius 1 is 1.27 bits per heavy atom. The molecule has 8 heteroatoms. The molecule has 2 aromatic rings. The second-order valence-electron chi connectivity index (χ2n) is 5.34. The Balaban J connectivity index is 2.28. The number of ether oxygens (including phenoxy) is 1. The summed E-state index contributed by atoms with van der Waals surface area (Å²) >= 11 is 7.50. The number of aliphatic hydroxyl groups is 1. The lowest BCUT2D eigenvalue weighted by atomic mass is 10.0. The molecule has 0 atom stereocenters. The number of aliphatic hydroxyl groups excluding tert-OH is 1. The average molecular weight is 397 g/mol. The van der Waals surface area contributed by atoms with Gasteiger partial charge in [-0.05, 0) is 25.5 Å².